The second kappa shape index (κ2) is 4.47. The number of aromatic hydroxyl groups is 2. The molecule has 0 aliphatic heterocycles. The van der Waals surface area contributed by atoms with Gasteiger partial charge < -0.3 is 10.2 Å². The van der Waals surface area contributed by atoms with E-state index in [0.29, 0.717) is 12.0 Å². The molecule has 2 nitrogen and oxygen atoms in total. The minimum Gasteiger partial charge on any atom is -0.505 e. The second-order valence-corrected chi connectivity index (χ2v) is 4.00. The maximum Gasteiger partial charge on any atom is 0.156 e. The summed E-state index contributed by atoms with van der Waals surface area (Å²) < 4.78 is 0. The molecule has 0 heterocycles. The van der Waals surface area contributed by atoms with Gasteiger partial charge in [0.15, 0.2) is 11.5 Å². The third-order valence-corrected chi connectivity index (χ3v) is 3.03. The van der Waals surface area contributed by atoms with Crippen LogP contribution in [0.25, 0.3) is 0 Å². The number of hydrogen-bond acceptors (Lipinski definition) is 2. The van der Waals surface area contributed by atoms with Gasteiger partial charge >= 0.3 is 0 Å². The van der Waals surface area contributed by atoms with Crippen molar-refractivity contribution in [2.75, 3.05) is 0 Å². The summed E-state index contributed by atoms with van der Waals surface area (Å²) >= 11 is 17.2. The first-order valence-corrected chi connectivity index (χ1v) is 5.21. The molecule has 0 fully saturated rings. The number of rotatable bonds is 2. The standard InChI is InChI=1S/C9H9Cl3O2/c1-2-3-4-5(10)8(13)7(12)9(14)6(4)11/h13-14H,2-3H2,1H3. The third kappa shape index (κ3) is 1.88. The molecule has 0 aliphatic rings. The van der Waals surface area contributed by atoms with Crippen molar-refractivity contribution in [2.45, 2.75) is 19.8 Å². The van der Waals surface area contributed by atoms with Crippen molar-refractivity contribution in [2.24, 2.45) is 0 Å². The Labute approximate surface area is 97.0 Å². The van der Waals surface area contributed by atoms with Gasteiger partial charge in [0.1, 0.15) is 5.02 Å². The quantitative estimate of drug-likeness (QED) is 0.838. The zero-order valence-corrected chi connectivity index (χ0v) is 9.71. The van der Waals surface area contributed by atoms with Crippen LogP contribution in [0.15, 0.2) is 0 Å². The van der Waals surface area contributed by atoms with Crippen LogP contribution in [-0.2, 0) is 6.42 Å². The highest BCUT2D eigenvalue weighted by Crippen LogP contribution is 2.46. The lowest BCUT2D eigenvalue weighted by Crippen LogP contribution is -1.89. The van der Waals surface area contributed by atoms with Gasteiger partial charge in [-0.25, -0.2) is 0 Å². The van der Waals surface area contributed by atoms with Crippen LogP contribution in [0.1, 0.15) is 18.9 Å². The maximum absolute atomic E-state index is 9.44. The van der Waals surface area contributed by atoms with Crippen LogP contribution in [-0.4, -0.2) is 10.2 Å². The number of phenols is 2. The molecule has 0 radical (unpaired) electrons. The molecule has 0 aromatic heterocycles. The van der Waals surface area contributed by atoms with Crippen molar-refractivity contribution in [1.29, 1.82) is 0 Å². The van der Waals surface area contributed by atoms with E-state index in [0.717, 1.165) is 6.42 Å². The zero-order chi connectivity index (χ0) is 10.9. The first kappa shape index (κ1) is 11.8. The largest absolute Gasteiger partial charge is 0.505 e. The molecule has 0 amide bonds. The Bertz CT molecular complexity index is 335. The number of phenolic OH excluding ortho intramolecular Hbond substituents is 2. The summed E-state index contributed by atoms with van der Waals surface area (Å²) in [7, 11) is 0. The van der Waals surface area contributed by atoms with E-state index in [1.807, 2.05) is 6.92 Å². The topological polar surface area (TPSA) is 40.5 Å². The maximum atomic E-state index is 9.44. The van der Waals surface area contributed by atoms with Crippen molar-refractivity contribution >= 4 is 34.8 Å². The molecule has 0 saturated carbocycles. The van der Waals surface area contributed by atoms with Gasteiger partial charge in [0.05, 0.1) is 10.0 Å². The number of hydrogen-bond donors (Lipinski definition) is 2. The summed E-state index contributed by atoms with van der Waals surface area (Å²) in [6, 6.07) is 0. The van der Waals surface area contributed by atoms with Crippen LogP contribution >= 0.6 is 34.8 Å². The molecule has 14 heavy (non-hydrogen) atoms. The van der Waals surface area contributed by atoms with Crippen LogP contribution in [0.2, 0.25) is 15.1 Å². The van der Waals surface area contributed by atoms with Crippen molar-refractivity contribution in [3.8, 4) is 11.5 Å². The third-order valence-electron chi connectivity index (χ3n) is 1.86. The van der Waals surface area contributed by atoms with Crippen molar-refractivity contribution < 1.29 is 10.2 Å². The molecule has 1 aromatic rings. The molecular formula is C9H9Cl3O2. The van der Waals surface area contributed by atoms with Gasteiger partial charge in [-0.2, -0.15) is 0 Å². The predicted octanol–water partition coefficient (Wildman–Crippen LogP) is 4.01. The normalized spacial score (nSPS) is 10.6. The Hall–Kier alpha value is -0.310. The van der Waals surface area contributed by atoms with Crippen LogP contribution in [0.4, 0.5) is 0 Å². The highest BCUT2D eigenvalue weighted by atomic mass is 35.5. The van der Waals surface area contributed by atoms with E-state index < -0.39 is 0 Å². The average molecular weight is 256 g/mol. The summed E-state index contributed by atoms with van der Waals surface area (Å²) in [6.45, 7) is 1.94. The summed E-state index contributed by atoms with van der Waals surface area (Å²) in [5.74, 6) is -0.641. The molecule has 1 rings (SSSR count). The first-order chi connectivity index (χ1) is 6.50. The highest BCUT2D eigenvalue weighted by molar-refractivity contribution is 6.42. The van der Waals surface area contributed by atoms with Gasteiger partial charge in [-0.05, 0) is 12.0 Å². The lowest BCUT2D eigenvalue weighted by molar-refractivity contribution is 0.450. The Morgan fingerprint density at radius 3 is 1.71 bits per heavy atom. The van der Waals surface area contributed by atoms with E-state index in [9.17, 15) is 10.2 Å². The lowest BCUT2D eigenvalue weighted by atomic mass is 10.1. The summed E-state index contributed by atoms with van der Waals surface area (Å²) in [5.41, 5.74) is 0.523. The predicted molar refractivity (Wildman–Crippen MR) is 58.8 cm³/mol. The molecule has 0 aliphatic carbocycles. The van der Waals surface area contributed by atoms with E-state index in [1.54, 1.807) is 0 Å². The zero-order valence-electron chi connectivity index (χ0n) is 7.44. The van der Waals surface area contributed by atoms with Crippen LogP contribution in [0, 0.1) is 0 Å². The molecule has 5 heteroatoms. The molecule has 2 N–H and O–H groups in total. The summed E-state index contributed by atoms with van der Waals surface area (Å²) in [6.07, 6.45) is 1.38. The monoisotopic (exact) mass is 254 g/mol. The minimum atomic E-state index is -0.321. The molecule has 0 atom stereocenters. The number of benzene rings is 1. The van der Waals surface area contributed by atoms with E-state index in [1.165, 1.54) is 0 Å². The second-order valence-electron chi connectivity index (χ2n) is 2.87. The van der Waals surface area contributed by atoms with Gasteiger partial charge in [-0.3, -0.25) is 0 Å². The molecule has 0 spiro atoms. The molecule has 0 bridgehead atoms. The van der Waals surface area contributed by atoms with E-state index in [2.05, 4.69) is 0 Å². The van der Waals surface area contributed by atoms with E-state index in [4.69, 9.17) is 34.8 Å². The van der Waals surface area contributed by atoms with Gasteiger partial charge in [0, 0.05) is 0 Å². The van der Waals surface area contributed by atoms with Crippen molar-refractivity contribution in [1.82, 2.24) is 0 Å². The molecule has 0 saturated heterocycles. The van der Waals surface area contributed by atoms with Crippen LogP contribution < -0.4 is 0 Å². The van der Waals surface area contributed by atoms with Gasteiger partial charge in [-0.1, -0.05) is 48.1 Å². The fraction of sp³-hybridized carbons (Fsp3) is 0.333. The minimum absolute atomic E-state index is 0.111. The van der Waals surface area contributed by atoms with Crippen molar-refractivity contribution in [3.05, 3.63) is 20.6 Å². The summed E-state index contributed by atoms with van der Waals surface area (Å²) in [5, 5.41) is 18.9. The Kier molecular flexibility index (Phi) is 3.76. The molecule has 1 aromatic carbocycles. The molecular weight excluding hydrogens is 246 g/mol. The molecule has 78 valence electrons. The van der Waals surface area contributed by atoms with Gasteiger partial charge in [-0.15, -0.1) is 0 Å². The van der Waals surface area contributed by atoms with Crippen LogP contribution in [0.5, 0.6) is 11.5 Å². The van der Waals surface area contributed by atoms with Gasteiger partial charge in [0.2, 0.25) is 0 Å². The fourth-order valence-electron chi connectivity index (χ4n) is 1.16. The SMILES string of the molecule is CCCc1c(Cl)c(O)c(Cl)c(O)c1Cl. The number of halogens is 3. The Balaban J connectivity index is 3.43. The van der Waals surface area contributed by atoms with Crippen LogP contribution in [0.3, 0.4) is 0 Å². The average Bonchev–Trinajstić information content (AvgIpc) is 2.19. The lowest BCUT2D eigenvalue weighted by Gasteiger charge is -2.11. The van der Waals surface area contributed by atoms with E-state index in [-0.39, 0.29) is 26.6 Å². The van der Waals surface area contributed by atoms with E-state index >= 15 is 0 Å². The first-order valence-electron chi connectivity index (χ1n) is 4.07. The summed E-state index contributed by atoms with van der Waals surface area (Å²) in [4.78, 5) is 0. The Morgan fingerprint density at radius 1 is 0.929 bits per heavy atom. The van der Waals surface area contributed by atoms with Crippen molar-refractivity contribution in [3.63, 3.8) is 0 Å². The Morgan fingerprint density at radius 2 is 1.36 bits per heavy atom. The highest BCUT2D eigenvalue weighted by Gasteiger charge is 2.19. The fourth-order valence-corrected chi connectivity index (χ4v) is 2.06. The van der Waals surface area contributed by atoms with Gasteiger partial charge in [0.25, 0.3) is 0 Å². The molecule has 0 unspecified atom stereocenters. The smallest absolute Gasteiger partial charge is 0.156 e.